The van der Waals surface area contributed by atoms with Crippen molar-refractivity contribution in [3.8, 4) is 0 Å². The van der Waals surface area contributed by atoms with Gasteiger partial charge >= 0.3 is 0 Å². The van der Waals surface area contributed by atoms with Gasteiger partial charge in [0.25, 0.3) is 5.91 Å². The molecule has 0 saturated carbocycles. The Kier molecular flexibility index (Phi) is 3.46. The molecule has 2 aromatic heterocycles. The van der Waals surface area contributed by atoms with E-state index >= 15 is 0 Å². The van der Waals surface area contributed by atoms with Gasteiger partial charge in [-0.1, -0.05) is 23.2 Å². The van der Waals surface area contributed by atoms with Gasteiger partial charge in [-0.2, -0.15) is 0 Å². The molecule has 0 radical (unpaired) electrons. The molecule has 0 atom stereocenters. The first-order valence-electron chi connectivity index (χ1n) is 4.41. The summed E-state index contributed by atoms with van der Waals surface area (Å²) < 4.78 is 0. The minimum Gasteiger partial charge on any atom is -0.305 e. The summed E-state index contributed by atoms with van der Waals surface area (Å²) in [5, 5.41) is 2.95. The van der Waals surface area contributed by atoms with E-state index in [1.807, 2.05) is 0 Å². The van der Waals surface area contributed by atoms with Crippen molar-refractivity contribution in [3.05, 3.63) is 40.8 Å². The van der Waals surface area contributed by atoms with Gasteiger partial charge < -0.3 is 5.32 Å². The smallest absolute Gasteiger partial charge is 0.277 e. The zero-order valence-electron chi connectivity index (χ0n) is 8.26. The molecule has 17 heavy (non-hydrogen) atoms. The van der Waals surface area contributed by atoms with Gasteiger partial charge in [-0.15, -0.1) is 0 Å². The molecule has 6 nitrogen and oxygen atoms in total. The Bertz CT molecular complexity index is 545. The Morgan fingerprint density at radius 2 is 1.88 bits per heavy atom. The summed E-state index contributed by atoms with van der Waals surface area (Å²) in [5.41, 5.74) is 0.129. The first-order valence-corrected chi connectivity index (χ1v) is 5.17. The van der Waals surface area contributed by atoms with Crippen LogP contribution >= 0.6 is 23.2 Å². The highest BCUT2D eigenvalue weighted by molar-refractivity contribution is 6.29. The highest BCUT2D eigenvalue weighted by Crippen LogP contribution is 2.09. The number of carbonyl (C=O) groups is 1. The molecule has 0 fully saturated rings. The van der Waals surface area contributed by atoms with Crippen LogP contribution in [-0.4, -0.2) is 25.8 Å². The monoisotopic (exact) mass is 269 g/mol. The lowest BCUT2D eigenvalue weighted by Gasteiger charge is -2.02. The summed E-state index contributed by atoms with van der Waals surface area (Å²) >= 11 is 11.2. The molecule has 0 aliphatic carbocycles. The van der Waals surface area contributed by atoms with Crippen molar-refractivity contribution in [2.75, 3.05) is 5.32 Å². The topological polar surface area (TPSA) is 80.7 Å². The van der Waals surface area contributed by atoms with Crippen LogP contribution in [0.3, 0.4) is 0 Å². The standard InChI is InChI=1S/C9H5Cl2N5O/c10-6-1-8(15-4-14-6)16-9(17)5-2-13-7(11)3-12-5/h1-4H,(H,14,15,16,17). The summed E-state index contributed by atoms with van der Waals surface area (Å²) in [4.78, 5) is 26.7. The Balaban J connectivity index is 2.14. The number of rotatable bonds is 2. The summed E-state index contributed by atoms with van der Waals surface area (Å²) in [7, 11) is 0. The van der Waals surface area contributed by atoms with Gasteiger partial charge in [-0.3, -0.25) is 4.79 Å². The second-order valence-electron chi connectivity index (χ2n) is 2.90. The first-order chi connectivity index (χ1) is 8.15. The normalized spacial score (nSPS) is 10.0. The summed E-state index contributed by atoms with van der Waals surface area (Å²) in [5.74, 6) is -0.171. The first kappa shape index (κ1) is 11.7. The maximum absolute atomic E-state index is 11.7. The molecule has 0 saturated heterocycles. The van der Waals surface area contributed by atoms with E-state index in [2.05, 4.69) is 25.3 Å². The van der Waals surface area contributed by atoms with E-state index in [4.69, 9.17) is 23.2 Å². The average molecular weight is 270 g/mol. The molecule has 8 heteroatoms. The van der Waals surface area contributed by atoms with Crippen molar-refractivity contribution in [1.82, 2.24) is 19.9 Å². The largest absolute Gasteiger partial charge is 0.305 e. The number of amides is 1. The number of anilines is 1. The second kappa shape index (κ2) is 5.03. The van der Waals surface area contributed by atoms with Crippen LogP contribution in [0.15, 0.2) is 24.8 Å². The van der Waals surface area contributed by atoms with Crippen molar-refractivity contribution < 1.29 is 4.79 Å². The average Bonchev–Trinajstić information content (AvgIpc) is 2.29. The quantitative estimate of drug-likeness (QED) is 0.842. The van der Waals surface area contributed by atoms with E-state index in [0.29, 0.717) is 0 Å². The molecular formula is C9H5Cl2N5O. The van der Waals surface area contributed by atoms with E-state index < -0.39 is 5.91 Å². The highest BCUT2D eigenvalue weighted by Gasteiger charge is 2.09. The molecule has 2 aromatic rings. The zero-order valence-corrected chi connectivity index (χ0v) is 9.77. The number of hydrogen-bond acceptors (Lipinski definition) is 5. The fourth-order valence-electron chi connectivity index (χ4n) is 1.01. The van der Waals surface area contributed by atoms with Crippen LogP contribution in [0.4, 0.5) is 5.82 Å². The lowest BCUT2D eigenvalue weighted by molar-refractivity contribution is 0.102. The number of carbonyl (C=O) groups excluding carboxylic acids is 1. The zero-order chi connectivity index (χ0) is 12.3. The van der Waals surface area contributed by atoms with Gasteiger partial charge in [0.05, 0.1) is 12.4 Å². The van der Waals surface area contributed by atoms with Crippen LogP contribution in [0.2, 0.25) is 10.3 Å². The van der Waals surface area contributed by atoms with Crippen LogP contribution in [0, 0.1) is 0 Å². The minimum atomic E-state index is -0.455. The third-order valence-electron chi connectivity index (χ3n) is 1.73. The van der Waals surface area contributed by atoms with Gasteiger partial charge in [0.1, 0.15) is 28.1 Å². The van der Waals surface area contributed by atoms with Gasteiger partial charge in [0.2, 0.25) is 0 Å². The number of aromatic nitrogens is 4. The predicted octanol–water partition coefficient (Wildman–Crippen LogP) is 1.83. The van der Waals surface area contributed by atoms with Crippen molar-refractivity contribution in [2.24, 2.45) is 0 Å². The lowest BCUT2D eigenvalue weighted by atomic mass is 10.4. The maximum Gasteiger partial charge on any atom is 0.277 e. The van der Waals surface area contributed by atoms with Gasteiger partial charge in [0.15, 0.2) is 0 Å². The molecule has 0 aliphatic rings. The van der Waals surface area contributed by atoms with Crippen molar-refractivity contribution >= 4 is 34.9 Å². The third kappa shape index (κ3) is 3.08. The molecule has 0 aliphatic heterocycles. The molecule has 0 bridgehead atoms. The molecule has 0 unspecified atom stereocenters. The van der Waals surface area contributed by atoms with Crippen molar-refractivity contribution in [3.63, 3.8) is 0 Å². The molecule has 0 aromatic carbocycles. The van der Waals surface area contributed by atoms with E-state index in [-0.39, 0.29) is 21.8 Å². The van der Waals surface area contributed by atoms with Crippen LogP contribution in [-0.2, 0) is 0 Å². The fraction of sp³-hybridized carbons (Fsp3) is 0. The fourth-order valence-corrected chi connectivity index (χ4v) is 1.26. The van der Waals surface area contributed by atoms with Gasteiger partial charge in [0, 0.05) is 6.07 Å². The van der Waals surface area contributed by atoms with E-state index in [9.17, 15) is 4.79 Å². The molecular weight excluding hydrogens is 265 g/mol. The Labute approximate surface area is 106 Å². The van der Waals surface area contributed by atoms with Crippen LogP contribution in [0.25, 0.3) is 0 Å². The molecule has 2 rings (SSSR count). The predicted molar refractivity (Wildman–Crippen MR) is 62.0 cm³/mol. The molecule has 2 heterocycles. The van der Waals surface area contributed by atoms with E-state index in [0.717, 1.165) is 0 Å². The minimum absolute atomic E-state index is 0.129. The number of nitrogens with one attached hydrogen (secondary N) is 1. The molecule has 86 valence electrons. The third-order valence-corrected chi connectivity index (χ3v) is 2.13. The Hall–Kier alpha value is -1.79. The highest BCUT2D eigenvalue weighted by atomic mass is 35.5. The SMILES string of the molecule is O=C(Nc1cc(Cl)ncn1)c1cnc(Cl)cn1. The van der Waals surface area contributed by atoms with E-state index in [1.54, 1.807) is 0 Å². The van der Waals surface area contributed by atoms with Crippen LogP contribution < -0.4 is 5.32 Å². The molecule has 1 amide bonds. The Morgan fingerprint density at radius 1 is 1.06 bits per heavy atom. The van der Waals surface area contributed by atoms with Gasteiger partial charge in [-0.05, 0) is 0 Å². The second-order valence-corrected chi connectivity index (χ2v) is 3.68. The lowest BCUT2D eigenvalue weighted by Crippen LogP contribution is -2.14. The number of hydrogen-bond donors (Lipinski definition) is 1. The number of nitrogens with zero attached hydrogens (tertiary/aromatic N) is 4. The summed E-state index contributed by atoms with van der Waals surface area (Å²) in [6, 6.07) is 1.42. The molecule has 0 spiro atoms. The summed E-state index contributed by atoms with van der Waals surface area (Å²) in [6.45, 7) is 0. The van der Waals surface area contributed by atoms with Gasteiger partial charge in [-0.25, -0.2) is 19.9 Å². The van der Waals surface area contributed by atoms with Crippen LogP contribution in [0.1, 0.15) is 10.5 Å². The van der Waals surface area contributed by atoms with Crippen molar-refractivity contribution in [2.45, 2.75) is 0 Å². The van der Waals surface area contributed by atoms with E-state index in [1.165, 1.54) is 24.8 Å². The molecule has 1 N–H and O–H groups in total. The summed E-state index contributed by atoms with van der Waals surface area (Å²) in [6.07, 6.45) is 3.79. The maximum atomic E-state index is 11.7. The van der Waals surface area contributed by atoms with Crippen LogP contribution in [0.5, 0.6) is 0 Å². The number of halogens is 2. The van der Waals surface area contributed by atoms with Crippen molar-refractivity contribution in [1.29, 1.82) is 0 Å². The Morgan fingerprint density at radius 3 is 2.53 bits per heavy atom.